The zero-order valence-corrected chi connectivity index (χ0v) is 7.74. The fourth-order valence-corrected chi connectivity index (χ4v) is 1.56. The van der Waals surface area contributed by atoms with Crippen molar-refractivity contribution in [3.8, 4) is 5.75 Å². The average molecular weight is 197 g/mol. The van der Waals surface area contributed by atoms with Crippen molar-refractivity contribution in [3.63, 3.8) is 0 Å². The molecule has 1 N–H and O–H groups in total. The van der Waals surface area contributed by atoms with Crippen LogP contribution in [0.1, 0.15) is 0 Å². The van der Waals surface area contributed by atoms with Crippen LogP contribution in [0.3, 0.4) is 0 Å². The van der Waals surface area contributed by atoms with Crippen LogP contribution >= 0.6 is 0 Å². The third-order valence-electron chi connectivity index (χ3n) is 2.31. The predicted molar refractivity (Wildman–Crippen MR) is 51.1 cm³/mol. The number of phenolic OH excluding ortho intramolecular Hbond substituents is 1. The molecule has 1 saturated heterocycles. The van der Waals surface area contributed by atoms with Gasteiger partial charge in [0, 0.05) is 13.1 Å². The van der Waals surface area contributed by atoms with Crippen molar-refractivity contribution in [1.82, 2.24) is 0 Å². The molecule has 1 aliphatic rings. The van der Waals surface area contributed by atoms with Crippen LogP contribution in [-0.2, 0) is 4.74 Å². The van der Waals surface area contributed by atoms with Gasteiger partial charge < -0.3 is 14.7 Å². The molecule has 0 spiro atoms. The summed E-state index contributed by atoms with van der Waals surface area (Å²) in [6, 6.07) is 4.66. The maximum atomic E-state index is 13.5. The Morgan fingerprint density at radius 2 is 2.00 bits per heavy atom. The summed E-state index contributed by atoms with van der Waals surface area (Å²) < 4.78 is 18.6. The van der Waals surface area contributed by atoms with Crippen molar-refractivity contribution in [1.29, 1.82) is 0 Å². The summed E-state index contributed by atoms with van der Waals surface area (Å²) in [7, 11) is 0. The van der Waals surface area contributed by atoms with Gasteiger partial charge in [0.15, 0.2) is 11.6 Å². The number of phenols is 1. The van der Waals surface area contributed by atoms with Gasteiger partial charge in [-0.05, 0) is 12.1 Å². The van der Waals surface area contributed by atoms with Gasteiger partial charge in [0.1, 0.15) is 0 Å². The third-order valence-corrected chi connectivity index (χ3v) is 2.31. The van der Waals surface area contributed by atoms with E-state index >= 15 is 0 Å². The van der Waals surface area contributed by atoms with Gasteiger partial charge in [-0.1, -0.05) is 6.07 Å². The predicted octanol–water partition coefficient (Wildman–Crippen LogP) is 1.37. The molecule has 2 rings (SSSR count). The molecule has 3 nitrogen and oxygen atoms in total. The quantitative estimate of drug-likeness (QED) is 0.738. The summed E-state index contributed by atoms with van der Waals surface area (Å²) in [4.78, 5) is 1.87. The number of anilines is 1. The molecule has 0 unspecified atom stereocenters. The van der Waals surface area contributed by atoms with Gasteiger partial charge >= 0.3 is 0 Å². The van der Waals surface area contributed by atoms with Crippen molar-refractivity contribution < 1.29 is 14.2 Å². The van der Waals surface area contributed by atoms with E-state index in [0.717, 1.165) is 0 Å². The molecule has 76 valence electrons. The smallest absolute Gasteiger partial charge is 0.188 e. The number of halogens is 1. The Labute approximate surface area is 81.7 Å². The highest BCUT2D eigenvalue weighted by Gasteiger charge is 2.16. The highest BCUT2D eigenvalue weighted by molar-refractivity contribution is 5.52. The van der Waals surface area contributed by atoms with E-state index in [-0.39, 0.29) is 5.75 Å². The van der Waals surface area contributed by atoms with Crippen LogP contribution < -0.4 is 4.90 Å². The Balaban J connectivity index is 2.26. The number of rotatable bonds is 1. The van der Waals surface area contributed by atoms with E-state index in [9.17, 15) is 9.50 Å². The molecule has 0 amide bonds. The van der Waals surface area contributed by atoms with Crippen LogP contribution in [0.5, 0.6) is 5.75 Å². The van der Waals surface area contributed by atoms with E-state index in [1.165, 1.54) is 6.07 Å². The molecule has 0 atom stereocenters. The molecule has 0 radical (unpaired) electrons. The fraction of sp³-hybridized carbons (Fsp3) is 0.400. The molecular weight excluding hydrogens is 185 g/mol. The van der Waals surface area contributed by atoms with E-state index in [2.05, 4.69) is 0 Å². The minimum atomic E-state index is -0.547. The molecule has 4 heteroatoms. The van der Waals surface area contributed by atoms with Crippen molar-refractivity contribution in [2.45, 2.75) is 0 Å². The first kappa shape index (κ1) is 9.27. The molecule has 0 saturated carbocycles. The van der Waals surface area contributed by atoms with Crippen molar-refractivity contribution in [2.24, 2.45) is 0 Å². The highest BCUT2D eigenvalue weighted by atomic mass is 19.1. The molecule has 1 aromatic carbocycles. The van der Waals surface area contributed by atoms with Gasteiger partial charge in [-0.2, -0.15) is 0 Å². The standard InChI is InChI=1S/C10H12FNO2/c11-10-8(2-1-3-9(10)13)12-4-6-14-7-5-12/h1-3,13H,4-7H2. The molecule has 1 aromatic rings. The number of ether oxygens (including phenoxy) is 1. The maximum Gasteiger partial charge on any atom is 0.188 e. The zero-order chi connectivity index (χ0) is 9.97. The average Bonchev–Trinajstić information content (AvgIpc) is 2.23. The molecule has 0 bridgehead atoms. The van der Waals surface area contributed by atoms with E-state index < -0.39 is 5.82 Å². The molecule has 0 aromatic heterocycles. The Hall–Kier alpha value is -1.29. The Kier molecular flexibility index (Phi) is 2.54. The lowest BCUT2D eigenvalue weighted by Gasteiger charge is -2.29. The molecular formula is C10H12FNO2. The molecule has 1 aliphatic heterocycles. The molecule has 0 aliphatic carbocycles. The van der Waals surface area contributed by atoms with Crippen molar-refractivity contribution in [3.05, 3.63) is 24.0 Å². The van der Waals surface area contributed by atoms with E-state index in [0.29, 0.717) is 32.0 Å². The fourth-order valence-electron chi connectivity index (χ4n) is 1.56. The van der Waals surface area contributed by atoms with Gasteiger partial charge in [0.25, 0.3) is 0 Å². The SMILES string of the molecule is Oc1cccc(N2CCOCC2)c1F. The number of morpholine rings is 1. The first-order valence-corrected chi connectivity index (χ1v) is 4.59. The first-order valence-electron chi connectivity index (χ1n) is 4.59. The minimum absolute atomic E-state index is 0.297. The highest BCUT2D eigenvalue weighted by Crippen LogP contribution is 2.26. The topological polar surface area (TPSA) is 32.7 Å². The van der Waals surface area contributed by atoms with Crippen LogP contribution in [0, 0.1) is 5.82 Å². The summed E-state index contributed by atoms with van der Waals surface area (Å²) in [5, 5.41) is 9.20. The van der Waals surface area contributed by atoms with Gasteiger partial charge in [-0.25, -0.2) is 4.39 Å². The van der Waals surface area contributed by atoms with E-state index in [1.54, 1.807) is 12.1 Å². The Morgan fingerprint density at radius 1 is 1.29 bits per heavy atom. The normalized spacial score (nSPS) is 17.1. The number of aromatic hydroxyl groups is 1. The van der Waals surface area contributed by atoms with Gasteiger partial charge in [0.2, 0.25) is 0 Å². The van der Waals surface area contributed by atoms with Crippen LogP contribution in [-0.4, -0.2) is 31.4 Å². The van der Waals surface area contributed by atoms with Gasteiger partial charge in [0.05, 0.1) is 18.9 Å². The maximum absolute atomic E-state index is 13.5. The summed E-state index contributed by atoms with van der Waals surface area (Å²) in [6.45, 7) is 2.55. The Bertz CT molecular complexity index is 324. The van der Waals surface area contributed by atoms with Crippen LogP contribution in [0.4, 0.5) is 10.1 Å². The lowest BCUT2D eigenvalue weighted by atomic mass is 10.2. The Morgan fingerprint density at radius 3 is 2.71 bits per heavy atom. The van der Waals surface area contributed by atoms with Crippen LogP contribution in [0.15, 0.2) is 18.2 Å². The number of nitrogens with zero attached hydrogens (tertiary/aromatic N) is 1. The lowest BCUT2D eigenvalue weighted by molar-refractivity contribution is 0.122. The molecule has 14 heavy (non-hydrogen) atoms. The summed E-state index contributed by atoms with van der Waals surface area (Å²) >= 11 is 0. The zero-order valence-electron chi connectivity index (χ0n) is 7.74. The largest absolute Gasteiger partial charge is 0.505 e. The first-order chi connectivity index (χ1) is 6.79. The third kappa shape index (κ3) is 1.65. The monoisotopic (exact) mass is 197 g/mol. The molecule has 1 fully saturated rings. The van der Waals surface area contributed by atoms with Crippen LogP contribution in [0.25, 0.3) is 0 Å². The lowest BCUT2D eigenvalue weighted by Crippen LogP contribution is -2.36. The number of hydrogen-bond donors (Lipinski definition) is 1. The van der Waals surface area contributed by atoms with Crippen LogP contribution in [0.2, 0.25) is 0 Å². The van der Waals surface area contributed by atoms with E-state index in [1.807, 2.05) is 4.90 Å². The number of hydrogen-bond acceptors (Lipinski definition) is 3. The second-order valence-electron chi connectivity index (χ2n) is 3.21. The van der Waals surface area contributed by atoms with E-state index in [4.69, 9.17) is 4.74 Å². The van der Waals surface area contributed by atoms with Gasteiger partial charge in [-0.15, -0.1) is 0 Å². The second kappa shape index (κ2) is 3.84. The molecule has 1 heterocycles. The van der Waals surface area contributed by atoms with Gasteiger partial charge in [-0.3, -0.25) is 0 Å². The summed E-state index contributed by atoms with van der Waals surface area (Å²) in [5.41, 5.74) is 0.452. The second-order valence-corrected chi connectivity index (χ2v) is 3.21. The van der Waals surface area contributed by atoms with Crippen molar-refractivity contribution >= 4 is 5.69 Å². The minimum Gasteiger partial charge on any atom is -0.505 e. The van der Waals surface area contributed by atoms with Crippen molar-refractivity contribution in [2.75, 3.05) is 31.2 Å². The summed E-state index contributed by atoms with van der Waals surface area (Å²) in [5.74, 6) is -0.844. The summed E-state index contributed by atoms with van der Waals surface area (Å²) in [6.07, 6.45) is 0. The number of benzene rings is 1.